The number of pyridine rings is 1. The van der Waals surface area contributed by atoms with Crippen molar-refractivity contribution in [3.63, 3.8) is 0 Å². The Balaban J connectivity index is 1.75. The van der Waals surface area contributed by atoms with Gasteiger partial charge in [-0.2, -0.15) is 5.10 Å². The average Bonchev–Trinajstić information content (AvgIpc) is 3.12. The van der Waals surface area contributed by atoms with Crippen molar-refractivity contribution in [2.45, 2.75) is 19.9 Å². The number of hydrogen-bond acceptors (Lipinski definition) is 3. The first-order valence-corrected chi connectivity index (χ1v) is 8.57. The van der Waals surface area contributed by atoms with Crippen LogP contribution in [0.1, 0.15) is 19.9 Å². The van der Waals surface area contributed by atoms with Crippen molar-refractivity contribution < 1.29 is 4.39 Å². The fraction of sp³-hybridized carbons (Fsp3) is 0.143. The van der Waals surface area contributed by atoms with Gasteiger partial charge in [0.15, 0.2) is 0 Å². The molecule has 5 heteroatoms. The molecule has 0 saturated carbocycles. The molecule has 4 rings (SSSR count). The second-order valence-electron chi connectivity index (χ2n) is 6.48. The largest absolute Gasteiger partial charge is 0.354 e. The zero-order valence-electron chi connectivity index (χ0n) is 14.6. The van der Waals surface area contributed by atoms with E-state index in [0.717, 1.165) is 16.6 Å². The van der Waals surface area contributed by atoms with E-state index in [9.17, 15) is 4.39 Å². The van der Waals surface area contributed by atoms with E-state index in [4.69, 9.17) is 0 Å². The van der Waals surface area contributed by atoms with Crippen LogP contribution in [0.25, 0.3) is 22.2 Å². The van der Waals surface area contributed by atoms with E-state index < -0.39 is 0 Å². The van der Waals surface area contributed by atoms with Crippen LogP contribution in [0.2, 0.25) is 0 Å². The van der Waals surface area contributed by atoms with Crippen molar-refractivity contribution in [1.82, 2.24) is 14.8 Å². The van der Waals surface area contributed by atoms with E-state index in [1.807, 2.05) is 67.2 Å². The highest BCUT2D eigenvalue weighted by molar-refractivity contribution is 5.85. The van der Waals surface area contributed by atoms with Crippen molar-refractivity contribution in [3.8, 4) is 11.3 Å². The summed E-state index contributed by atoms with van der Waals surface area (Å²) in [4.78, 5) is 4.45. The SMILES string of the molecule is CC(C)n1ccc(-c2c(F)cccc2Nc2cnc3ccccc3c2)n1. The van der Waals surface area contributed by atoms with Crippen molar-refractivity contribution in [1.29, 1.82) is 0 Å². The number of anilines is 2. The fourth-order valence-electron chi connectivity index (χ4n) is 2.94. The molecule has 0 saturated heterocycles. The van der Waals surface area contributed by atoms with E-state index >= 15 is 0 Å². The molecular formula is C21H19FN4. The minimum absolute atomic E-state index is 0.219. The number of halogens is 1. The van der Waals surface area contributed by atoms with Crippen molar-refractivity contribution in [3.05, 3.63) is 72.8 Å². The topological polar surface area (TPSA) is 42.7 Å². The highest BCUT2D eigenvalue weighted by Crippen LogP contribution is 2.32. The number of fused-ring (bicyclic) bond motifs is 1. The molecule has 0 atom stereocenters. The Bertz CT molecular complexity index is 1070. The molecule has 26 heavy (non-hydrogen) atoms. The van der Waals surface area contributed by atoms with Gasteiger partial charge in [-0.05, 0) is 44.2 Å². The monoisotopic (exact) mass is 346 g/mol. The Labute approximate surface area is 151 Å². The summed E-state index contributed by atoms with van der Waals surface area (Å²) < 4.78 is 16.4. The van der Waals surface area contributed by atoms with Gasteiger partial charge in [0, 0.05) is 17.6 Å². The zero-order valence-corrected chi connectivity index (χ0v) is 14.6. The first-order valence-electron chi connectivity index (χ1n) is 8.57. The van der Waals surface area contributed by atoms with Crippen molar-refractivity contribution in [2.75, 3.05) is 5.32 Å². The third kappa shape index (κ3) is 3.04. The van der Waals surface area contributed by atoms with Gasteiger partial charge in [0.05, 0.1) is 34.3 Å². The molecule has 4 aromatic rings. The molecule has 0 unspecified atom stereocenters. The van der Waals surface area contributed by atoms with Crippen LogP contribution in [0.15, 0.2) is 67.0 Å². The Morgan fingerprint density at radius 1 is 1.04 bits per heavy atom. The van der Waals surface area contributed by atoms with Gasteiger partial charge in [0.25, 0.3) is 0 Å². The Kier molecular flexibility index (Phi) is 4.13. The molecule has 0 aliphatic rings. The lowest BCUT2D eigenvalue weighted by molar-refractivity contribution is 0.533. The van der Waals surface area contributed by atoms with Crippen molar-refractivity contribution in [2.24, 2.45) is 0 Å². The summed E-state index contributed by atoms with van der Waals surface area (Å²) in [5.41, 5.74) is 3.45. The summed E-state index contributed by atoms with van der Waals surface area (Å²) in [5.74, 6) is -0.308. The molecule has 4 nitrogen and oxygen atoms in total. The maximum atomic E-state index is 14.6. The lowest BCUT2D eigenvalue weighted by Crippen LogP contribution is -2.02. The van der Waals surface area contributed by atoms with Gasteiger partial charge in [-0.25, -0.2) is 4.39 Å². The lowest BCUT2D eigenvalue weighted by Gasteiger charge is -2.12. The summed E-state index contributed by atoms with van der Waals surface area (Å²) in [5, 5.41) is 8.83. The molecule has 0 amide bonds. The summed E-state index contributed by atoms with van der Waals surface area (Å²) in [7, 11) is 0. The third-order valence-corrected chi connectivity index (χ3v) is 4.28. The molecule has 2 heterocycles. The Hall–Kier alpha value is -3.21. The molecule has 0 bridgehead atoms. The van der Waals surface area contributed by atoms with Gasteiger partial charge >= 0.3 is 0 Å². The standard InChI is InChI=1S/C21H19FN4/c1-14(2)26-11-10-20(25-26)21-17(22)7-5-9-19(21)24-16-12-15-6-3-4-8-18(15)23-13-16/h3-14,24H,1-2H3. The van der Waals surface area contributed by atoms with Gasteiger partial charge in [0.2, 0.25) is 0 Å². The first-order chi connectivity index (χ1) is 12.6. The van der Waals surface area contributed by atoms with Crippen LogP contribution >= 0.6 is 0 Å². The molecule has 2 aromatic carbocycles. The molecule has 130 valence electrons. The van der Waals surface area contributed by atoms with Gasteiger partial charge in [-0.15, -0.1) is 0 Å². The summed E-state index contributed by atoms with van der Waals surface area (Å²) in [6.45, 7) is 4.08. The molecule has 0 aliphatic carbocycles. The number of benzene rings is 2. The maximum Gasteiger partial charge on any atom is 0.134 e. The first kappa shape index (κ1) is 16.3. The predicted molar refractivity (Wildman–Crippen MR) is 103 cm³/mol. The summed E-state index contributed by atoms with van der Waals surface area (Å²) in [6.07, 6.45) is 3.62. The number of rotatable bonds is 4. The Morgan fingerprint density at radius 3 is 2.69 bits per heavy atom. The number of nitrogens with zero attached hydrogens (tertiary/aromatic N) is 3. The van der Waals surface area contributed by atoms with E-state index in [1.54, 1.807) is 12.3 Å². The molecule has 2 aromatic heterocycles. The average molecular weight is 346 g/mol. The van der Waals surface area contributed by atoms with Gasteiger partial charge in [0.1, 0.15) is 5.82 Å². The summed E-state index contributed by atoms with van der Waals surface area (Å²) >= 11 is 0. The normalized spacial score (nSPS) is 11.2. The third-order valence-electron chi connectivity index (χ3n) is 4.28. The lowest BCUT2D eigenvalue weighted by atomic mass is 10.1. The molecule has 0 fully saturated rings. The fourth-order valence-corrected chi connectivity index (χ4v) is 2.94. The quantitative estimate of drug-likeness (QED) is 0.526. The van der Waals surface area contributed by atoms with Gasteiger partial charge in [-0.1, -0.05) is 24.3 Å². The molecule has 0 spiro atoms. The van der Waals surface area contributed by atoms with Crippen LogP contribution < -0.4 is 5.32 Å². The highest BCUT2D eigenvalue weighted by Gasteiger charge is 2.15. The minimum Gasteiger partial charge on any atom is -0.354 e. The van der Waals surface area contributed by atoms with Crippen LogP contribution in [0.5, 0.6) is 0 Å². The van der Waals surface area contributed by atoms with Gasteiger partial charge < -0.3 is 5.32 Å². The Morgan fingerprint density at radius 2 is 1.88 bits per heavy atom. The van der Waals surface area contributed by atoms with Crippen LogP contribution in [-0.4, -0.2) is 14.8 Å². The van der Waals surface area contributed by atoms with E-state index in [2.05, 4.69) is 15.4 Å². The predicted octanol–water partition coefficient (Wildman–Crippen LogP) is 5.56. The van der Waals surface area contributed by atoms with Crippen LogP contribution in [0, 0.1) is 5.82 Å². The number of nitrogens with one attached hydrogen (secondary N) is 1. The van der Waals surface area contributed by atoms with E-state index in [-0.39, 0.29) is 11.9 Å². The number of para-hydroxylation sites is 1. The van der Waals surface area contributed by atoms with Gasteiger partial charge in [-0.3, -0.25) is 9.67 Å². The van der Waals surface area contributed by atoms with E-state index in [1.165, 1.54) is 6.07 Å². The highest BCUT2D eigenvalue weighted by atomic mass is 19.1. The molecule has 0 aliphatic heterocycles. The maximum absolute atomic E-state index is 14.6. The second kappa shape index (κ2) is 6.59. The minimum atomic E-state index is -0.308. The number of hydrogen-bond donors (Lipinski definition) is 1. The summed E-state index contributed by atoms with van der Waals surface area (Å²) in [6, 6.07) is 16.9. The second-order valence-corrected chi connectivity index (χ2v) is 6.48. The van der Waals surface area contributed by atoms with Crippen LogP contribution in [-0.2, 0) is 0 Å². The van der Waals surface area contributed by atoms with Crippen LogP contribution in [0.3, 0.4) is 0 Å². The molecule has 1 N–H and O–H groups in total. The number of aromatic nitrogens is 3. The van der Waals surface area contributed by atoms with Crippen LogP contribution in [0.4, 0.5) is 15.8 Å². The molecule has 0 radical (unpaired) electrons. The zero-order chi connectivity index (χ0) is 18.1. The smallest absolute Gasteiger partial charge is 0.134 e. The van der Waals surface area contributed by atoms with E-state index in [0.29, 0.717) is 16.9 Å². The molecular weight excluding hydrogens is 327 g/mol. The van der Waals surface area contributed by atoms with Crippen molar-refractivity contribution >= 4 is 22.3 Å².